The molecule has 10 nitrogen and oxygen atoms in total. The molecule has 0 bridgehead atoms. The number of amides is 3. The highest BCUT2D eigenvalue weighted by Gasteiger charge is 2.40. The quantitative estimate of drug-likeness (QED) is 0.219. The summed E-state index contributed by atoms with van der Waals surface area (Å²) < 4.78 is 10.7. The van der Waals surface area contributed by atoms with Gasteiger partial charge in [0.1, 0.15) is 17.9 Å². The average molecular weight is 650 g/mol. The van der Waals surface area contributed by atoms with Crippen LogP contribution in [0.3, 0.4) is 0 Å². The van der Waals surface area contributed by atoms with Crippen LogP contribution in [0.5, 0.6) is 0 Å². The van der Waals surface area contributed by atoms with Crippen LogP contribution in [0, 0.1) is 0 Å². The molecule has 2 fully saturated rings. The van der Waals surface area contributed by atoms with Crippen molar-refractivity contribution in [3.8, 4) is 0 Å². The molecule has 47 heavy (non-hydrogen) atoms. The van der Waals surface area contributed by atoms with E-state index in [9.17, 15) is 14.4 Å². The van der Waals surface area contributed by atoms with Gasteiger partial charge in [-0.15, -0.1) is 0 Å². The highest BCUT2D eigenvalue weighted by Crippen LogP contribution is 2.43. The fourth-order valence-corrected chi connectivity index (χ4v) is 6.36. The van der Waals surface area contributed by atoms with Gasteiger partial charge < -0.3 is 25.0 Å². The lowest BCUT2D eigenvalue weighted by Crippen LogP contribution is -2.41. The standard InChI is InChI=1S/C36H35N5O5S/c1-25(37-36(44)46-24-26-8-4-2-5-9-26)33(42)38-28-14-12-27(13-15-28)32-34(43)41(31-10-6-3-7-11-31)35(47-32)39-29-16-18-30(19-17-29)40-20-22-45-23-21-40/h2-19,25,32H,20-24H2,1H3,(H,37,44)(H,38,42)/t25-,32?/m0/s1. The van der Waals surface area contributed by atoms with E-state index in [1.54, 1.807) is 24.0 Å². The summed E-state index contributed by atoms with van der Waals surface area (Å²) in [5.74, 6) is -0.501. The maximum Gasteiger partial charge on any atom is 0.408 e. The zero-order valence-electron chi connectivity index (χ0n) is 25.9. The number of carbonyl (C=O) groups is 3. The minimum Gasteiger partial charge on any atom is -0.445 e. The lowest BCUT2D eigenvalue weighted by atomic mass is 10.1. The third kappa shape index (κ3) is 8.00. The monoisotopic (exact) mass is 649 g/mol. The Bertz CT molecular complexity index is 1710. The third-order valence-electron chi connectivity index (χ3n) is 7.75. The number of thioether (sulfide) groups is 1. The number of hydrogen-bond acceptors (Lipinski definition) is 8. The van der Waals surface area contributed by atoms with Gasteiger partial charge >= 0.3 is 6.09 Å². The first kappa shape index (κ1) is 31.8. The Kier molecular flexibility index (Phi) is 10.1. The van der Waals surface area contributed by atoms with Crippen LogP contribution in [0.25, 0.3) is 0 Å². The van der Waals surface area contributed by atoms with Crippen molar-refractivity contribution in [3.05, 3.63) is 120 Å². The molecule has 2 aliphatic heterocycles. The van der Waals surface area contributed by atoms with Crippen LogP contribution >= 0.6 is 11.8 Å². The van der Waals surface area contributed by atoms with Gasteiger partial charge in [-0.05, 0) is 66.6 Å². The van der Waals surface area contributed by atoms with Gasteiger partial charge in [0.25, 0.3) is 5.91 Å². The second-order valence-corrected chi connectivity index (χ2v) is 12.1. The van der Waals surface area contributed by atoms with Crippen LogP contribution in [0.4, 0.5) is 27.5 Å². The third-order valence-corrected chi connectivity index (χ3v) is 8.94. The SMILES string of the molecule is C[C@H](NC(=O)OCc1ccccc1)C(=O)Nc1ccc(C2SC(=Nc3ccc(N4CCOCC4)cc3)N(c3ccccc3)C2=O)cc1. The number of amidine groups is 1. The molecule has 4 aromatic rings. The number of para-hydroxylation sites is 1. The second kappa shape index (κ2) is 15.0. The number of benzene rings is 4. The molecular weight excluding hydrogens is 614 g/mol. The molecule has 6 rings (SSSR count). The van der Waals surface area contributed by atoms with Gasteiger partial charge in [0.05, 0.1) is 24.6 Å². The fourth-order valence-electron chi connectivity index (χ4n) is 5.19. The van der Waals surface area contributed by atoms with E-state index in [1.165, 1.54) is 11.8 Å². The van der Waals surface area contributed by atoms with Crippen LogP contribution in [0.15, 0.2) is 114 Å². The van der Waals surface area contributed by atoms with Gasteiger partial charge in [0.2, 0.25) is 5.91 Å². The fraction of sp³-hybridized carbons (Fsp3) is 0.222. The Morgan fingerprint density at radius 1 is 0.894 bits per heavy atom. The summed E-state index contributed by atoms with van der Waals surface area (Å²) in [6.45, 7) is 4.82. The number of rotatable bonds is 9. The first-order valence-corrected chi connectivity index (χ1v) is 16.3. The molecule has 1 unspecified atom stereocenters. The summed E-state index contributed by atoms with van der Waals surface area (Å²) in [4.78, 5) is 47.7. The Labute approximate surface area is 277 Å². The van der Waals surface area contributed by atoms with Crippen LogP contribution in [-0.2, 0) is 25.7 Å². The van der Waals surface area contributed by atoms with Gasteiger partial charge in [-0.1, -0.05) is 72.4 Å². The molecule has 0 aliphatic carbocycles. The van der Waals surface area contributed by atoms with Crippen molar-refractivity contribution in [1.82, 2.24) is 5.32 Å². The summed E-state index contributed by atoms with van der Waals surface area (Å²) in [7, 11) is 0. The zero-order valence-corrected chi connectivity index (χ0v) is 26.7. The van der Waals surface area contributed by atoms with E-state index >= 15 is 0 Å². The summed E-state index contributed by atoms with van der Waals surface area (Å²) in [5, 5.41) is 5.42. The van der Waals surface area contributed by atoms with Crippen LogP contribution in [-0.4, -0.2) is 55.4 Å². The summed E-state index contributed by atoms with van der Waals surface area (Å²) in [6, 6.07) is 33.1. The van der Waals surface area contributed by atoms with E-state index in [0.717, 1.165) is 41.3 Å². The molecule has 11 heteroatoms. The highest BCUT2D eigenvalue weighted by molar-refractivity contribution is 8.15. The molecule has 3 amide bonds. The molecule has 2 N–H and O–H groups in total. The number of hydrogen-bond donors (Lipinski definition) is 2. The summed E-state index contributed by atoms with van der Waals surface area (Å²) in [6.07, 6.45) is -0.683. The van der Waals surface area contributed by atoms with E-state index in [0.29, 0.717) is 24.1 Å². The Morgan fingerprint density at radius 2 is 1.55 bits per heavy atom. The summed E-state index contributed by atoms with van der Waals surface area (Å²) >= 11 is 1.39. The topological polar surface area (TPSA) is 113 Å². The molecule has 0 spiro atoms. The molecule has 2 aliphatic rings. The van der Waals surface area contributed by atoms with Gasteiger partial charge in [0, 0.05) is 24.5 Å². The van der Waals surface area contributed by atoms with Gasteiger partial charge in [-0.3, -0.25) is 14.5 Å². The predicted octanol–water partition coefficient (Wildman–Crippen LogP) is 6.29. The normalized spacial score (nSPS) is 17.8. The van der Waals surface area contributed by atoms with E-state index in [1.807, 2.05) is 97.1 Å². The molecule has 0 radical (unpaired) electrons. The largest absolute Gasteiger partial charge is 0.445 e. The molecule has 0 saturated carbocycles. The first-order chi connectivity index (χ1) is 22.9. The first-order valence-electron chi connectivity index (χ1n) is 15.4. The number of anilines is 3. The minimum absolute atomic E-state index is 0.103. The molecule has 2 atom stereocenters. The predicted molar refractivity (Wildman–Crippen MR) is 185 cm³/mol. The van der Waals surface area contributed by atoms with Gasteiger partial charge in [-0.25, -0.2) is 9.79 Å². The molecule has 240 valence electrons. The minimum atomic E-state index is -0.828. The number of nitrogens with zero attached hydrogens (tertiary/aromatic N) is 3. The van der Waals surface area contributed by atoms with E-state index in [2.05, 4.69) is 15.5 Å². The van der Waals surface area contributed by atoms with Gasteiger partial charge in [-0.2, -0.15) is 0 Å². The van der Waals surface area contributed by atoms with Crippen molar-refractivity contribution in [2.75, 3.05) is 41.4 Å². The van der Waals surface area contributed by atoms with Crippen molar-refractivity contribution < 1.29 is 23.9 Å². The van der Waals surface area contributed by atoms with Gasteiger partial charge in [0.15, 0.2) is 5.17 Å². The molecule has 4 aromatic carbocycles. The number of aliphatic imine (C=N–C) groups is 1. The maximum absolute atomic E-state index is 13.9. The number of nitrogens with one attached hydrogen (secondary N) is 2. The zero-order chi connectivity index (χ0) is 32.6. The Morgan fingerprint density at radius 3 is 2.23 bits per heavy atom. The number of carbonyl (C=O) groups excluding carboxylic acids is 3. The number of alkyl carbamates (subject to hydrolysis) is 1. The molecule has 0 aromatic heterocycles. The number of morpholine rings is 1. The van der Waals surface area contributed by atoms with E-state index in [4.69, 9.17) is 14.5 Å². The van der Waals surface area contributed by atoms with E-state index < -0.39 is 23.3 Å². The lowest BCUT2D eigenvalue weighted by Gasteiger charge is -2.28. The molecular formula is C36H35N5O5S. The van der Waals surface area contributed by atoms with Crippen LogP contribution in [0.1, 0.15) is 23.3 Å². The molecule has 2 saturated heterocycles. The van der Waals surface area contributed by atoms with Crippen LogP contribution in [0.2, 0.25) is 0 Å². The Balaban J connectivity index is 1.11. The van der Waals surface area contributed by atoms with Crippen LogP contribution < -0.4 is 20.4 Å². The van der Waals surface area contributed by atoms with E-state index in [-0.39, 0.29) is 12.5 Å². The van der Waals surface area contributed by atoms with Crippen molar-refractivity contribution in [3.63, 3.8) is 0 Å². The second-order valence-electron chi connectivity index (χ2n) is 11.1. The molecule has 2 heterocycles. The summed E-state index contributed by atoms with van der Waals surface area (Å²) in [5.41, 5.74) is 4.78. The lowest BCUT2D eigenvalue weighted by molar-refractivity contribution is -0.118. The van der Waals surface area contributed by atoms with Crippen molar-refractivity contribution in [1.29, 1.82) is 0 Å². The van der Waals surface area contributed by atoms with Crippen molar-refractivity contribution >= 4 is 57.6 Å². The Hall–Kier alpha value is -5.13. The maximum atomic E-state index is 13.9. The number of ether oxygens (including phenoxy) is 2. The smallest absolute Gasteiger partial charge is 0.408 e. The average Bonchev–Trinajstić information content (AvgIpc) is 3.44. The van der Waals surface area contributed by atoms with Crippen molar-refractivity contribution in [2.24, 2.45) is 4.99 Å². The highest BCUT2D eigenvalue weighted by atomic mass is 32.2. The van der Waals surface area contributed by atoms with Crippen molar-refractivity contribution in [2.45, 2.75) is 24.8 Å².